The van der Waals surface area contributed by atoms with Crippen LogP contribution in [-0.4, -0.2) is 42.2 Å². The van der Waals surface area contributed by atoms with Crippen LogP contribution < -0.4 is 5.32 Å². The van der Waals surface area contributed by atoms with Crippen LogP contribution in [0.15, 0.2) is 18.2 Å². The van der Waals surface area contributed by atoms with E-state index < -0.39 is 0 Å². The zero-order chi connectivity index (χ0) is 15.2. The Hall–Kier alpha value is -1.66. The van der Waals surface area contributed by atoms with E-state index in [9.17, 15) is 10.1 Å². The van der Waals surface area contributed by atoms with Crippen molar-refractivity contribution in [3.63, 3.8) is 0 Å². The lowest BCUT2D eigenvalue weighted by molar-refractivity contribution is -0.384. The Morgan fingerprint density at radius 3 is 2.95 bits per heavy atom. The molecule has 0 radical (unpaired) electrons. The first-order chi connectivity index (χ1) is 10.1. The van der Waals surface area contributed by atoms with Crippen LogP contribution in [0.5, 0.6) is 0 Å². The summed E-state index contributed by atoms with van der Waals surface area (Å²) >= 11 is 0. The lowest BCUT2D eigenvalue weighted by atomic mass is 10.1. The van der Waals surface area contributed by atoms with Crippen LogP contribution in [0.2, 0.25) is 0 Å². The highest BCUT2D eigenvalue weighted by Crippen LogP contribution is 2.26. The van der Waals surface area contributed by atoms with Crippen molar-refractivity contribution in [3.05, 3.63) is 33.9 Å². The van der Waals surface area contributed by atoms with E-state index >= 15 is 0 Å². The molecule has 1 aliphatic rings. The van der Waals surface area contributed by atoms with Crippen molar-refractivity contribution in [2.45, 2.75) is 32.9 Å². The molecule has 0 saturated carbocycles. The molecule has 1 fully saturated rings. The number of benzene rings is 1. The number of anilines is 1. The smallest absolute Gasteiger partial charge is 0.292 e. The van der Waals surface area contributed by atoms with E-state index in [2.05, 4.69) is 17.1 Å². The minimum atomic E-state index is -0.344. The molecule has 1 N–H and O–H groups in total. The average molecular weight is 293 g/mol. The summed E-state index contributed by atoms with van der Waals surface area (Å²) in [6.07, 6.45) is 1.31. The summed E-state index contributed by atoms with van der Waals surface area (Å²) in [7, 11) is 0. The van der Waals surface area contributed by atoms with Crippen molar-refractivity contribution < 1.29 is 9.66 Å². The summed E-state index contributed by atoms with van der Waals surface area (Å²) in [6.45, 7) is 8.11. The third-order valence-electron chi connectivity index (χ3n) is 3.71. The maximum Gasteiger partial charge on any atom is 0.292 e. The van der Waals surface area contributed by atoms with Crippen LogP contribution in [0, 0.1) is 10.1 Å². The molecule has 0 aliphatic carbocycles. The number of morpholine rings is 1. The summed E-state index contributed by atoms with van der Waals surface area (Å²) in [5.74, 6) is 0. The SMILES string of the molecule is CCNc1cc(CN2CCOC(CC)C2)ccc1[N+](=O)[O-]. The summed E-state index contributed by atoms with van der Waals surface area (Å²) in [5.41, 5.74) is 1.82. The standard InChI is InChI=1S/C15H23N3O3/c1-3-13-11-17(7-8-21-13)10-12-5-6-15(18(19)20)14(9-12)16-4-2/h5-6,9,13,16H,3-4,7-8,10-11H2,1-2H3. The second kappa shape index (κ2) is 7.38. The Labute approximate surface area is 125 Å². The number of nitro benzene ring substituents is 1. The first kappa shape index (κ1) is 15.7. The number of ether oxygens (including phenoxy) is 1. The fourth-order valence-electron chi connectivity index (χ4n) is 2.60. The second-order valence-corrected chi connectivity index (χ2v) is 5.28. The van der Waals surface area contributed by atoms with E-state index in [-0.39, 0.29) is 10.6 Å². The molecule has 0 spiro atoms. The molecule has 1 atom stereocenters. The van der Waals surface area contributed by atoms with Crippen molar-refractivity contribution in [1.82, 2.24) is 4.90 Å². The van der Waals surface area contributed by atoms with Crippen LogP contribution in [-0.2, 0) is 11.3 Å². The van der Waals surface area contributed by atoms with E-state index in [0.717, 1.165) is 38.2 Å². The van der Waals surface area contributed by atoms with Gasteiger partial charge in [-0.1, -0.05) is 13.0 Å². The Morgan fingerprint density at radius 2 is 2.29 bits per heavy atom. The number of hydrogen-bond donors (Lipinski definition) is 1. The second-order valence-electron chi connectivity index (χ2n) is 5.28. The number of nitrogens with zero attached hydrogens (tertiary/aromatic N) is 2. The van der Waals surface area contributed by atoms with Gasteiger partial charge in [-0.3, -0.25) is 15.0 Å². The van der Waals surface area contributed by atoms with Gasteiger partial charge in [-0.15, -0.1) is 0 Å². The molecule has 1 aromatic carbocycles. The lowest BCUT2D eigenvalue weighted by Gasteiger charge is -2.32. The van der Waals surface area contributed by atoms with Gasteiger partial charge in [0, 0.05) is 32.2 Å². The normalized spacial score (nSPS) is 19.4. The van der Waals surface area contributed by atoms with Crippen molar-refractivity contribution >= 4 is 11.4 Å². The molecule has 0 amide bonds. The molecule has 116 valence electrons. The Bertz CT molecular complexity index is 493. The van der Waals surface area contributed by atoms with E-state index in [1.54, 1.807) is 6.07 Å². The average Bonchev–Trinajstić information content (AvgIpc) is 2.48. The molecule has 0 aromatic heterocycles. The van der Waals surface area contributed by atoms with Crippen LogP contribution in [0.25, 0.3) is 0 Å². The Kier molecular flexibility index (Phi) is 5.52. The Morgan fingerprint density at radius 1 is 1.48 bits per heavy atom. The summed E-state index contributed by atoms with van der Waals surface area (Å²) < 4.78 is 5.66. The van der Waals surface area contributed by atoms with Crippen molar-refractivity contribution in [3.8, 4) is 0 Å². The third-order valence-corrected chi connectivity index (χ3v) is 3.71. The largest absolute Gasteiger partial charge is 0.380 e. The number of hydrogen-bond acceptors (Lipinski definition) is 5. The molecular formula is C15H23N3O3. The first-order valence-corrected chi connectivity index (χ1v) is 7.49. The Balaban J connectivity index is 2.09. The lowest BCUT2D eigenvalue weighted by Crippen LogP contribution is -2.41. The maximum absolute atomic E-state index is 11.0. The van der Waals surface area contributed by atoms with Crippen LogP contribution in [0.3, 0.4) is 0 Å². The van der Waals surface area contributed by atoms with Gasteiger partial charge in [-0.05, 0) is 25.0 Å². The fourth-order valence-corrected chi connectivity index (χ4v) is 2.60. The van der Waals surface area contributed by atoms with Crippen LogP contribution in [0.1, 0.15) is 25.8 Å². The van der Waals surface area contributed by atoms with Gasteiger partial charge in [0.25, 0.3) is 5.69 Å². The summed E-state index contributed by atoms with van der Waals surface area (Å²) in [5, 5.41) is 14.1. The number of nitro groups is 1. The van der Waals surface area contributed by atoms with Gasteiger partial charge in [0.05, 0.1) is 17.6 Å². The van der Waals surface area contributed by atoms with Gasteiger partial charge in [-0.25, -0.2) is 0 Å². The van der Waals surface area contributed by atoms with Crippen molar-refractivity contribution in [2.75, 3.05) is 31.6 Å². The van der Waals surface area contributed by atoms with Gasteiger partial charge in [0.2, 0.25) is 0 Å². The van der Waals surface area contributed by atoms with Gasteiger partial charge in [-0.2, -0.15) is 0 Å². The van der Waals surface area contributed by atoms with Crippen molar-refractivity contribution in [1.29, 1.82) is 0 Å². The van der Waals surface area contributed by atoms with Crippen LogP contribution >= 0.6 is 0 Å². The fraction of sp³-hybridized carbons (Fsp3) is 0.600. The first-order valence-electron chi connectivity index (χ1n) is 7.49. The predicted octanol–water partition coefficient (Wildman–Crippen LogP) is 2.64. The molecule has 0 bridgehead atoms. The highest BCUT2D eigenvalue weighted by Gasteiger charge is 2.20. The minimum absolute atomic E-state index is 0.133. The molecule has 21 heavy (non-hydrogen) atoms. The molecular weight excluding hydrogens is 270 g/mol. The topological polar surface area (TPSA) is 67.6 Å². The predicted molar refractivity (Wildman–Crippen MR) is 82.6 cm³/mol. The van der Waals surface area contributed by atoms with E-state index in [4.69, 9.17) is 4.74 Å². The molecule has 1 heterocycles. The highest BCUT2D eigenvalue weighted by atomic mass is 16.6. The third kappa shape index (κ3) is 4.15. The van der Waals surface area contributed by atoms with Gasteiger partial charge in [0.1, 0.15) is 5.69 Å². The number of nitrogens with one attached hydrogen (secondary N) is 1. The zero-order valence-electron chi connectivity index (χ0n) is 12.7. The minimum Gasteiger partial charge on any atom is -0.380 e. The molecule has 6 nitrogen and oxygen atoms in total. The summed E-state index contributed by atoms with van der Waals surface area (Å²) in [6, 6.07) is 5.32. The molecule has 2 rings (SSSR count). The van der Waals surface area contributed by atoms with Gasteiger partial charge >= 0.3 is 0 Å². The zero-order valence-corrected chi connectivity index (χ0v) is 12.7. The molecule has 1 aliphatic heterocycles. The van der Waals surface area contributed by atoms with E-state index in [1.165, 1.54) is 0 Å². The summed E-state index contributed by atoms with van der Waals surface area (Å²) in [4.78, 5) is 13.0. The quantitative estimate of drug-likeness (QED) is 0.645. The van der Waals surface area contributed by atoms with Gasteiger partial charge in [0.15, 0.2) is 0 Å². The number of rotatable bonds is 6. The van der Waals surface area contributed by atoms with E-state index in [0.29, 0.717) is 18.3 Å². The highest BCUT2D eigenvalue weighted by molar-refractivity contribution is 5.62. The maximum atomic E-state index is 11.0. The van der Waals surface area contributed by atoms with Gasteiger partial charge < -0.3 is 10.1 Å². The molecule has 1 saturated heterocycles. The molecule has 1 aromatic rings. The van der Waals surface area contributed by atoms with E-state index in [1.807, 2.05) is 19.1 Å². The monoisotopic (exact) mass is 293 g/mol. The van der Waals surface area contributed by atoms with Crippen molar-refractivity contribution in [2.24, 2.45) is 0 Å². The van der Waals surface area contributed by atoms with Crippen LogP contribution in [0.4, 0.5) is 11.4 Å². The molecule has 1 unspecified atom stereocenters. The molecule has 6 heteroatoms.